The molecule has 0 saturated heterocycles. The molecule has 0 aliphatic heterocycles. The van der Waals surface area contributed by atoms with Crippen LogP contribution in [0.15, 0.2) is 18.2 Å². The molecule has 0 atom stereocenters. The Morgan fingerprint density at radius 1 is 1.17 bits per heavy atom. The van der Waals surface area contributed by atoms with Crippen LogP contribution in [0, 0.1) is 6.92 Å². The highest BCUT2D eigenvalue weighted by molar-refractivity contribution is 5.68. The molecule has 0 unspecified atom stereocenters. The lowest BCUT2D eigenvalue weighted by Crippen LogP contribution is -2.03. The van der Waals surface area contributed by atoms with Crippen molar-refractivity contribution >= 4 is 5.97 Å². The van der Waals surface area contributed by atoms with Crippen molar-refractivity contribution in [3.63, 3.8) is 0 Å². The molecular formula is C14H20O4. The minimum Gasteiger partial charge on any atom is -0.493 e. The van der Waals surface area contributed by atoms with Crippen molar-refractivity contribution < 1.29 is 19.0 Å². The average molecular weight is 252 g/mol. The maximum Gasteiger partial charge on any atom is 0.305 e. The zero-order chi connectivity index (χ0) is 13.4. The SMILES string of the molecule is COC(=O)CCCCOc1ccc(C)cc1OC. The van der Waals surface area contributed by atoms with Gasteiger partial charge in [-0.05, 0) is 37.5 Å². The van der Waals surface area contributed by atoms with Gasteiger partial charge in [0.25, 0.3) is 0 Å². The minimum atomic E-state index is -0.178. The van der Waals surface area contributed by atoms with E-state index in [1.165, 1.54) is 7.11 Å². The predicted molar refractivity (Wildman–Crippen MR) is 69.1 cm³/mol. The van der Waals surface area contributed by atoms with E-state index < -0.39 is 0 Å². The molecule has 0 N–H and O–H groups in total. The van der Waals surface area contributed by atoms with Gasteiger partial charge < -0.3 is 14.2 Å². The number of benzene rings is 1. The first-order valence-corrected chi connectivity index (χ1v) is 6.01. The van der Waals surface area contributed by atoms with E-state index in [9.17, 15) is 4.79 Å². The lowest BCUT2D eigenvalue weighted by molar-refractivity contribution is -0.140. The molecule has 1 aromatic rings. The molecule has 18 heavy (non-hydrogen) atoms. The Morgan fingerprint density at radius 2 is 1.94 bits per heavy atom. The van der Waals surface area contributed by atoms with Crippen LogP contribution < -0.4 is 9.47 Å². The zero-order valence-electron chi connectivity index (χ0n) is 11.2. The molecule has 0 bridgehead atoms. The Bertz CT molecular complexity index is 387. The molecule has 0 radical (unpaired) electrons. The van der Waals surface area contributed by atoms with Gasteiger partial charge in [-0.1, -0.05) is 6.07 Å². The highest BCUT2D eigenvalue weighted by atomic mass is 16.5. The van der Waals surface area contributed by atoms with Crippen molar-refractivity contribution in [3.8, 4) is 11.5 Å². The van der Waals surface area contributed by atoms with Crippen LogP contribution in [0.2, 0.25) is 0 Å². The second-order valence-electron chi connectivity index (χ2n) is 4.04. The lowest BCUT2D eigenvalue weighted by Gasteiger charge is -2.11. The molecule has 4 heteroatoms. The first-order valence-electron chi connectivity index (χ1n) is 6.01. The fourth-order valence-corrected chi connectivity index (χ4v) is 1.55. The summed E-state index contributed by atoms with van der Waals surface area (Å²) in [6, 6.07) is 5.81. The summed E-state index contributed by atoms with van der Waals surface area (Å²) in [5.41, 5.74) is 1.13. The Hall–Kier alpha value is -1.71. The first kappa shape index (κ1) is 14.4. The molecule has 0 aromatic heterocycles. The summed E-state index contributed by atoms with van der Waals surface area (Å²) in [7, 11) is 3.02. The number of ether oxygens (including phenoxy) is 3. The molecule has 0 amide bonds. The van der Waals surface area contributed by atoms with E-state index >= 15 is 0 Å². The van der Waals surface area contributed by atoms with E-state index in [0.717, 1.165) is 29.9 Å². The van der Waals surface area contributed by atoms with Crippen LogP contribution in [0.3, 0.4) is 0 Å². The predicted octanol–water partition coefficient (Wildman–Crippen LogP) is 2.73. The van der Waals surface area contributed by atoms with Crippen LogP contribution >= 0.6 is 0 Å². The molecule has 0 aliphatic carbocycles. The Labute approximate surface area is 108 Å². The van der Waals surface area contributed by atoms with Gasteiger partial charge in [0.05, 0.1) is 20.8 Å². The van der Waals surface area contributed by atoms with Crippen LogP contribution in [-0.2, 0) is 9.53 Å². The van der Waals surface area contributed by atoms with Gasteiger partial charge in [0.1, 0.15) is 0 Å². The molecule has 0 aliphatic rings. The van der Waals surface area contributed by atoms with Crippen LogP contribution in [-0.4, -0.2) is 26.8 Å². The molecule has 4 nitrogen and oxygen atoms in total. The maximum atomic E-state index is 10.9. The fraction of sp³-hybridized carbons (Fsp3) is 0.500. The van der Waals surface area contributed by atoms with Crippen molar-refractivity contribution in [1.29, 1.82) is 0 Å². The summed E-state index contributed by atoms with van der Waals surface area (Å²) in [6.07, 6.45) is 2.01. The molecule has 0 heterocycles. The molecule has 1 aromatic carbocycles. The van der Waals surface area contributed by atoms with Gasteiger partial charge in [-0.2, -0.15) is 0 Å². The summed E-state index contributed by atoms with van der Waals surface area (Å²) in [5.74, 6) is 1.30. The topological polar surface area (TPSA) is 44.8 Å². The summed E-state index contributed by atoms with van der Waals surface area (Å²) in [4.78, 5) is 10.9. The van der Waals surface area contributed by atoms with E-state index in [4.69, 9.17) is 9.47 Å². The number of rotatable bonds is 7. The largest absolute Gasteiger partial charge is 0.493 e. The van der Waals surface area contributed by atoms with Gasteiger partial charge in [-0.3, -0.25) is 4.79 Å². The molecular weight excluding hydrogens is 232 g/mol. The Morgan fingerprint density at radius 3 is 2.61 bits per heavy atom. The normalized spacial score (nSPS) is 9.94. The van der Waals surface area contributed by atoms with Gasteiger partial charge in [-0.15, -0.1) is 0 Å². The second kappa shape index (κ2) is 7.58. The maximum absolute atomic E-state index is 10.9. The number of methoxy groups -OCH3 is 2. The van der Waals surface area contributed by atoms with Gasteiger partial charge in [0.2, 0.25) is 0 Å². The molecule has 0 saturated carbocycles. The number of carbonyl (C=O) groups excluding carboxylic acids is 1. The highest BCUT2D eigenvalue weighted by Gasteiger charge is 2.04. The molecule has 0 spiro atoms. The van der Waals surface area contributed by atoms with E-state index in [-0.39, 0.29) is 5.97 Å². The number of hydrogen-bond acceptors (Lipinski definition) is 4. The standard InChI is InChI=1S/C14H20O4/c1-11-7-8-12(13(10-11)16-2)18-9-5-4-6-14(15)17-3/h7-8,10H,4-6,9H2,1-3H3. The third-order valence-corrected chi connectivity index (χ3v) is 2.58. The molecule has 1 rings (SSSR count). The van der Waals surface area contributed by atoms with Crippen molar-refractivity contribution in [2.75, 3.05) is 20.8 Å². The number of aryl methyl sites for hydroxylation is 1. The van der Waals surface area contributed by atoms with E-state index in [0.29, 0.717) is 13.0 Å². The monoisotopic (exact) mass is 252 g/mol. The summed E-state index contributed by atoms with van der Waals surface area (Å²) >= 11 is 0. The third-order valence-electron chi connectivity index (χ3n) is 2.58. The van der Waals surface area contributed by atoms with Gasteiger partial charge in [0, 0.05) is 6.42 Å². The average Bonchev–Trinajstić information content (AvgIpc) is 2.39. The Balaban J connectivity index is 2.33. The second-order valence-corrected chi connectivity index (χ2v) is 4.04. The van der Waals surface area contributed by atoms with Gasteiger partial charge in [-0.25, -0.2) is 0 Å². The van der Waals surface area contributed by atoms with Crippen molar-refractivity contribution in [2.24, 2.45) is 0 Å². The van der Waals surface area contributed by atoms with E-state index in [1.54, 1.807) is 7.11 Å². The smallest absolute Gasteiger partial charge is 0.305 e. The van der Waals surface area contributed by atoms with E-state index in [1.807, 2.05) is 25.1 Å². The fourth-order valence-electron chi connectivity index (χ4n) is 1.55. The quantitative estimate of drug-likeness (QED) is 0.553. The van der Waals surface area contributed by atoms with Gasteiger partial charge >= 0.3 is 5.97 Å². The third kappa shape index (κ3) is 4.65. The summed E-state index contributed by atoms with van der Waals surface area (Å²) in [5, 5.41) is 0. The van der Waals surface area contributed by atoms with Crippen molar-refractivity contribution in [3.05, 3.63) is 23.8 Å². The van der Waals surface area contributed by atoms with Gasteiger partial charge in [0.15, 0.2) is 11.5 Å². The first-order chi connectivity index (χ1) is 8.67. The number of hydrogen-bond donors (Lipinski definition) is 0. The Kier molecular flexibility index (Phi) is 6.05. The van der Waals surface area contributed by atoms with E-state index in [2.05, 4.69) is 4.74 Å². The van der Waals surface area contributed by atoms with Crippen molar-refractivity contribution in [2.45, 2.75) is 26.2 Å². The number of unbranched alkanes of at least 4 members (excludes halogenated alkanes) is 1. The summed E-state index contributed by atoms with van der Waals surface area (Å²) < 4.78 is 15.4. The zero-order valence-corrected chi connectivity index (χ0v) is 11.2. The van der Waals surface area contributed by atoms with Crippen molar-refractivity contribution in [1.82, 2.24) is 0 Å². The van der Waals surface area contributed by atoms with Crippen LogP contribution in [0.25, 0.3) is 0 Å². The van der Waals surface area contributed by atoms with Crippen LogP contribution in [0.1, 0.15) is 24.8 Å². The lowest BCUT2D eigenvalue weighted by atomic mass is 10.2. The number of carbonyl (C=O) groups is 1. The highest BCUT2D eigenvalue weighted by Crippen LogP contribution is 2.27. The summed E-state index contributed by atoms with van der Waals surface area (Å²) in [6.45, 7) is 2.57. The molecule has 0 fully saturated rings. The minimum absolute atomic E-state index is 0.178. The van der Waals surface area contributed by atoms with Crippen LogP contribution in [0.4, 0.5) is 0 Å². The van der Waals surface area contributed by atoms with Crippen LogP contribution in [0.5, 0.6) is 11.5 Å². The molecule has 100 valence electrons. The number of esters is 1.